The number of methoxy groups -OCH3 is 1. The number of hydrogen-bond donors (Lipinski definition) is 1. The number of benzene rings is 1. The Morgan fingerprint density at radius 2 is 2.10 bits per heavy atom. The van der Waals surface area contributed by atoms with Crippen LogP contribution in [0.15, 0.2) is 34.5 Å². The van der Waals surface area contributed by atoms with E-state index in [0.29, 0.717) is 16.9 Å². The van der Waals surface area contributed by atoms with Crippen LogP contribution >= 0.6 is 11.3 Å². The molecule has 20 heavy (non-hydrogen) atoms. The van der Waals surface area contributed by atoms with Gasteiger partial charge in [0.1, 0.15) is 16.1 Å². The molecule has 2 heterocycles. The summed E-state index contributed by atoms with van der Waals surface area (Å²) >= 11 is 1.49. The summed E-state index contributed by atoms with van der Waals surface area (Å²) in [4.78, 5) is 8.65. The number of H-pyrrole nitrogens is 1. The highest BCUT2D eigenvalue weighted by Gasteiger charge is 2.17. The number of aromatic amines is 1. The molecule has 1 N–H and O–H groups in total. The molecule has 0 aliphatic carbocycles. The zero-order valence-corrected chi connectivity index (χ0v) is 12.5. The van der Waals surface area contributed by atoms with Gasteiger partial charge in [-0.05, 0) is 23.6 Å². The molecule has 3 rings (SSSR count). The first-order chi connectivity index (χ1) is 9.50. The molecule has 104 valence electrons. The molecule has 0 atom stereocenters. The third kappa shape index (κ3) is 2.08. The highest BCUT2D eigenvalue weighted by molar-refractivity contribution is 7.91. The van der Waals surface area contributed by atoms with Gasteiger partial charge in [0.2, 0.25) is 0 Å². The molecule has 0 amide bonds. The van der Waals surface area contributed by atoms with Crippen molar-refractivity contribution in [3.05, 3.63) is 29.6 Å². The standard InChI is InChI=1S/C13H12N2O3S2/c1-18-9-6-7-19-12(9)13-14-8-4-3-5-10(11(8)15-13)20(2,16)17/h3-7H,1-2H3,(H,14,15). The van der Waals surface area contributed by atoms with Crippen LogP contribution in [0.3, 0.4) is 0 Å². The topological polar surface area (TPSA) is 72.0 Å². The normalized spacial score (nSPS) is 11.9. The first-order valence-electron chi connectivity index (χ1n) is 5.81. The van der Waals surface area contributed by atoms with Crippen LogP contribution in [0, 0.1) is 0 Å². The van der Waals surface area contributed by atoms with Crippen LogP contribution in [0.1, 0.15) is 0 Å². The van der Waals surface area contributed by atoms with Crippen LogP contribution in [0.4, 0.5) is 0 Å². The summed E-state index contributed by atoms with van der Waals surface area (Å²) in [6.45, 7) is 0. The average molecular weight is 308 g/mol. The van der Waals surface area contributed by atoms with Gasteiger partial charge in [-0.1, -0.05) is 6.07 Å². The average Bonchev–Trinajstić information content (AvgIpc) is 3.02. The third-order valence-electron chi connectivity index (χ3n) is 2.94. The molecular weight excluding hydrogens is 296 g/mol. The summed E-state index contributed by atoms with van der Waals surface area (Å²) in [6.07, 6.45) is 1.18. The molecule has 0 bridgehead atoms. The van der Waals surface area contributed by atoms with Gasteiger partial charge in [0, 0.05) is 6.26 Å². The summed E-state index contributed by atoms with van der Waals surface area (Å²) in [7, 11) is -1.72. The zero-order chi connectivity index (χ0) is 14.3. The van der Waals surface area contributed by atoms with E-state index >= 15 is 0 Å². The van der Waals surface area contributed by atoms with Gasteiger partial charge in [-0.3, -0.25) is 0 Å². The molecule has 1 aromatic carbocycles. The van der Waals surface area contributed by atoms with Crippen LogP contribution in [-0.2, 0) is 9.84 Å². The number of hydrogen-bond acceptors (Lipinski definition) is 5. The third-order valence-corrected chi connectivity index (χ3v) is 4.97. The van der Waals surface area contributed by atoms with Gasteiger partial charge in [0.15, 0.2) is 15.7 Å². The molecule has 3 aromatic rings. The minimum atomic E-state index is -3.31. The van der Waals surface area contributed by atoms with Gasteiger partial charge in [-0.25, -0.2) is 13.4 Å². The van der Waals surface area contributed by atoms with Gasteiger partial charge in [-0.15, -0.1) is 11.3 Å². The van der Waals surface area contributed by atoms with Gasteiger partial charge in [0.05, 0.1) is 17.5 Å². The Balaban J connectivity index is 2.27. The van der Waals surface area contributed by atoms with Crippen LogP contribution in [0.5, 0.6) is 5.75 Å². The molecule has 0 radical (unpaired) electrons. The van der Waals surface area contributed by atoms with Gasteiger partial charge < -0.3 is 9.72 Å². The fourth-order valence-electron chi connectivity index (χ4n) is 2.04. The van der Waals surface area contributed by atoms with Gasteiger partial charge >= 0.3 is 0 Å². The first kappa shape index (κ1) is 13.1. The van der Waals surface area contributed by atoms with Crippen molar-refractivity contribution in [2.45, 2.75) is 4.90 Å². The molecular formula is C13H12N2O3S2. The number of para-hydroxylation sites is 1. The van der Waals surface area contributed by atoms with E-state index in [9.17, 15) is 8.42 Å². The lowest BCUT2D eigenvalue weighted by Gasteiger charge is -1.98. The maximum absolute atomic E-state index is 11.8. The maximum atomic E-state index is 11.8. The van der Waals surface area contributed by atoms with E-state index in [1.54, 1.807) is 25.3 Å². The number of imidazole rings is 1. The van der Waals surface area contributed by atoms with E-state index in [2.05, 4.69) is 9.97 Å². The van der Waals surface area contributed by atoms with Crippen LogP contribution < -0.4 is 4.74 Å². The lowest BCUT2D eigenvalue weighted by atomic mass is 10.3. The quantitative estimate of drug-likeness (QED) is 0.807. The van der Waals surface area contributed by atoms with Crippen molar-refractivity contribution in [2.75, 3.05) is 13.4 Å². The minimum absolute atomic E-state index is 0.230. The van der Waals surface area contributed by atoms with E-state index in [4.69, 9.17) is 4.74 Å². The number of rotatable bonds is 3. The van der Waals surface area contributed by atoms with E-state index in [-0.39, 0.29) is 4.90 Å². The maximum Gasteiger partial charge on any atom is 0.177 e. The van der Waals surface area contributed by atoms with E-state index in [1.807, 2.05) is 11.4 Å². The predicted molar refractivity (Wildman–Crippen MR) is 79.1 cm³/mol. The molecule has 5 nitrogen and oxygen atoms in total. The molecule has 0 aliphatic rings. The summed E-state index contributed by atoms with van der Waals surface area (Å²) in [5.74, 6) is 1.33. The Morgan fingerprint density at radius 1 is 1.30 bits per heavy atom. The van der Waals surface area contributed by atoms with Crippen molar-refractivity contribution >= 4 is 32.2 Å². The van der Waals surface area contributed by atoms with E-state index in [0.717, 1.165) is 10.6 Å². The number of nitrogens with one attached hydrogen (secondary N) is 1. The predicted octanol–water partition coefficient (Wildman–Crippen LogP) is 2.70. The van der Waals surface area contributed by atoms with Crippen molar-refractivity contribution < 1.29 is 13.2 Å². The molecule has 0 saturated carbocycles. The monoisotopic (exact) mass is 308 g/mol. The number of nitrogens with zero attached hydrogens (tertiary/aromatic N) is 1. The van der Waals surface area contributed by atoms with Crippen LogP contribution in [0.25, 0.3) is 21.7 Å². The SMILES string of the molecule is COc1ccsc1-c1nc2c(S(C)(=O)=O)cccc2[nH]1. The highest BCUT2D eigenvalue weighted by Crippen LogP contribution is 2.35. The lowest BCUT2D eigenvalue weighted by Crippen LogP contribution is -1.97. The van der Waals surface area contributed by atoms with Crippen LogP contribution in [-0.4, -0.2) is 31.8 Å². The number of thiophene rings is 1. The number of sulfone groups is 1. The molecule has 0 fully saturated rings. The van der Waals surface area contributed by atoms with E-state index < -0.39 is 9.84 Å². The molecule has 0 saturated heterocycles. The van der Waals surface area contributed by atoms with E-state index in [1.165, 1.54) is 17.6 Å². The first-order valence-corrected chi connectivity index (χ1v) is 8.58. The van der Waals surface area contributed by atoms with Crippen molar-refractivity contribution in [3.8, 4) is 16.5 Å². The Labute approximate surface area is 120 Å². The van der Waals surface area contributed by atoms with Crippen LogP contribution in [0.2, 0.25) is 0 Å². The second-order valence-electron chi connectivity index (χ2n) is 4.33. The minimum Gasteiger partial charge on any atom is -0.495 e. The number of aromatic nitrogens is 2. The lowest BCUT2D eigenvalue weighted by molar-refractivity contribution is 0.418. The van der Waals surface area contributed by atoms with Gasteiger partial charge in [-0.2, -0.15) is 0 Å². The molecule has 0 spiro atoms. The molecule has 0 aliphatic heterocycles. The summed E-state index contributed by atoms with van der Waals surface area (Å²) in [5, 5.41) is 1.90. The Hall–Kier alpha value is -1.86. The summed E-state index contributed by atoms with van der Waals surface area (Å²) in [5.41, 5.74) is 1.15. The fourth-order valence-corrected chi connectivity index (χ4v) is 3.68. The number of ether oxygens (including phenoxy) is 1. The fraction of sp³-hybridized carbons (Fsp3) is 0.154. The highest BCUT2D eigenvalue weighted by atomic mass is 32.2. The summed E-state index contributed by atoms with van der Waals surface area (Å²) in [6, 6.07) is 6.92. The van der Waals surface area contributed by atoms with Crippen molar-refractivity contribution in [1.82, 2.24) is 9.97 Å². The second-order valence-corrected chi connectivity index (χ2v) is 7.23. The zero-order valence-electron chi connectivity index (χ0n) is 10.9. The van der Waals surface area contributed by atoms with Crippen molar-refractivity contribution in [2.24, 2.45) is 0 Å². The molecule has 0 unspecified atom stereocenters. The Bertz CT molecular complexity index is 878. The summed E-state index contributed by atoms with van der Waals surface area (Å²) < 4.78 is 28.8. The molecule has 7 heteroatoms. The largest absolute Gasteiger partial charge is 0.495 e. The van der Waals surface area contributed by atoms with Crippen molar-refractivity contribution in [3.63, 3.8) is 0 Å². The Morgan fingerprint density at radius 3 is 2.80 bits per heavy atom. The Kier molecular flexibility index (Phi) is 3.02. The number of fused-ring (bicyclic) bond motifs is 1. The van der Waals surface area contributed by atoms with Gasteiger partial charge in [0.25, 0.3) is 0 Å². The smallest absolute Gasteiger partial charge is 0.177 e. The second kappa shape index (κ2) is 4.60. The molecule has 2 aromatic heterocycles. The van der Waals surface area contributed by atoms with Crippen molar-refractivity contribution in [1.29, 1.82) is 0 Å².